The Morgan fingerprint density at radius 1 is 0.957 bits per heavy atom. The lowest BCUT2D eigenvalue weighted by atomic mass is 9.56. The number of phenolic OH excluding ortho intramolecular Hbond substituents is 1. The smallest absolute Gasteiger partial charge is 0.269 e. The Morgan fingerprint density at radius 2 is 1.66 bits per heavy atom. The Kier molecular flexibility index (Phi) is 7.18. The normalized spacial score (nSPS) is 29.7. The van der Waals surface area contributed by atoms with E-state index < -0.39 is 62.0 Å². The van der Waals surface area contributed by atoms with Crippen LogP contribution in [0.5, 0.6) is 11.5 Å². The number of anilines is 1. The number of phenols is 1. The van der Waals surface area contributed by atoms with Gasteiger partial charge in [-0.25, -0.2) is 0 Å². The second kappa shape index (κ2) is 10.9. The van der Waals surface area contributed by atoms with Gasteiger partial charge in [-0.1, -0.05) is 48.0 Å². The van der Waals surface area contributed by atoms with E-state index in [1.54, 1.807) is 18.2 Å². The summed E-state index contributed by atoms with van der Waals surface area (Å²) in [5.74, 6) is -6.11. The third-order valence-corrected chi connectivity index (χ3v) is 11.3. The average molecular weight is 677 g/mol. The molecule has 2 aliphatic carbocycles. The number of nitro benzene ring substituents is 1. The van der Waals surface area contributed by atoms with Gasteiger partial charge in [-0.3, -0.25) is 39.1 Å². The fraction of sp³-hybridized carbons (Fsp3) is 0.294. The molecule has 6 atom stereocenters. The molecule has 13 heteroatoms. The van der Waals surface area contributed by atoms with Crippen molar-refractivity contribution in [1.82, 2.24) is 4.90 Å². The molecule has 47 heavy (non-hydrogen) atoms. The first kappa shape index (κ1) is 30.9. The van der Waals surface area contributed by atoms with Crippen molar-refractivity contribution in [3.8, 4) is 11.5 Å². The number of carbonyl (C=O) groups excluding carboxylic acids is 4. The minimum Gasteiger partial charge on any atom is -0.508 e. The van der Waals surface area contributed by atoms with Crippen molar-refractivity contribution in [2.24, 2.45) is 17.8 Å². The van der Waals surface area contributed by atoms with E-state index in [-0.39, 0.29) is 42.1 Å². The number of likely N-dealkylation sites (tertiary alicyclic amines) is 1. The molecule has 2 aliphatic heterocycles. The maximum Gasteiger partial charge on any atom is 0.269 e. The number of rotatable bonds is 6. The fourth-order valence-corrected chi connectivity index (χ4v) is 8.68. The van der Waals surface area contributed by atoms with E-state index in [1.165, 1.54) is 37.4 Å². The molecule has 4 aliphatic rings. The van der Waals surface area contributed by atoms with E-state index >= 15 is 0 Å². The Morgan fingerprint density at radius 3 is 2.32 bits per heavy atom. The molecule has 4 amide bonds. The SMILES string of the molecule is CN1C(=O)[C@]2(Cl)C[C@@H]3C(=CC[C@@H]4C(=O)N(c5ccc([N+](=O)[O-])cc5)C(=O)[C@@H]43)[C@H](c3ccc(OCc4ccccc4)cc3O)[C@]2(Cl)C1=O. The van der Waals surface area contributed by atoms with Crippen molar-refractivity contribution >= 4 is 58.2 Å². The first-order chi connectivity index (χ1) is 22.4. The van der Waals surface area contributed by atoms with Crippen LogP contribution in [0.3, 0.4) is 0 Å². The zero-order chi connectivity index (χ0) is 33.4. The Labute approximate surface area is 278 Å². The highest BCUT2D eigenvalue weighted by molar-refractivity contribution is 6.53. The lowest BCUT2D eigenvalue weighted by molar-refractivity contribution is -0.384. The number of hydrogen-bond acceptors (Lipinski definition) is 8. The van der Waals surface area contributed by atoms with Gasteiger partial charge < -0.3 is 9.84 Å². The van der Waals surface area contributed by atoms with E-state index in [1.807, 2.05) is 30.3 Å². The molecule has 0 unspecified atom stereocenters. The van der Waals surface area contributed by atoms with Crippen LogP contribution >= 0.6 is 23.2 Å². The van der Waals surface area contributed by atoms with Gasteiger partial charge >= 0.3 is 0 Å². The molecule has 2 heterocycles. The number of carbonyl (C=O) groups is 4. The first-order valence-corrected chi connectivity index (χ1v) is 15.7. The largest absolute Gasteiger partial charge is 0.508 e. The van der Waals surface area contributed by atoms with Crippen molar-refractivity contribution in [2.45, 2.75) is 35.1 Å². The van der Waals surface area contributed by atoms with E-state index in [4.69, 9.17) is 27.9 Å². The van der Waals surface area contributed by atoms with Gasteiger partial charge in [0, 0.05) is 36.7 Å². The van der Waals surface area contributed by atoms with Crippen LogP contribution in [0.2, 0.25) is 0 Å². The number of ether oxygens (including phenoxy) is 1. The molecule has 7 rings (SSSR count). The average Bonchev–Trinajstić information content (AvgIpc) is 3.39. The summed E-state index contributed by atoms with van der Waals surface area (Å²) in [6, 6.07) is 19.1. The number of alkyl halides is 2. The molecule has 3 aromatic carbocycles. The van der Waals surface area contributed by atoms with Crippen LogP contribution in [0.4, 0.5) is 11.4 Å². The fourth-order valence-electron chi connectivity index (χ4n) is 7.67. The molecule has 3 fully saturated rings. The van der Waals surface area contributed by atoms with Crippen LogP contribution in [0.1, 0.15) is 29.9 Å². The third kappa shape index (κ3) is 4.40. The second-order valence-electron chi connectivity index (χ2n) is 12.3. The number of nitro groups is 1. The van der Waals surface area contributed by atoms with E-state index in [0.29, 0.717) is 11.3 Å². The third-order valence-electron chi connectivity index (χ3n) is 9.89. The van der Waals surface area contributed by atoms with Gasteiger partial charge in [0.25, 0.3) is 17.5 Å². The summed E-state index contributed by atoms with van der Waals surface area (Å²) in [5.41, 5.74) is 1.63. The Balaban J connectivity index is 1.29. The number of hydrogen-bond donors (Lipinski definition) is 1. The molecule has 240 valence electrons. The number of imide groups is 2. The molecular weight excluding hydrogens is 649 g/mol. The number of allylic oxidation sites excluding steroid dienone is 2. The summed E-state index contributed by atoms with van der Waals surface area (Å²) in [6.45, 7) is 0.239. The van der Waals surface area contributed by atoms with Gasteiger partial charge in [-0.2, -0.15) is 0 Å². The van der Waals surface area contributed by atoms with Gasteiger partial charge in [0.15, 0.2) is 9.75 Å². The summed E-state index contributed by atoms with van der Waals surface area (Å²) >= 11 is 14.4. The highest BCUT2D eigenvalue weighted by atomic mass is 35.5. The molecule has 0 aromatic heterocycles. The monoisotopic (exact) mass is 675 g/mol. The topological polar surface area (TPSA) is 147 Å². The predicted molar refractivity (Wildman–Crippen MR) is 170 cm³/mol. The van der Waals surface area contributed by atoms with Gasteiger partial charge in [0.2, 0.25) is 11.8 Å². The summed E-state index contributed by atoms with van der Waals surface area (Å²) in [7, 11) is 1.29. The number of nitrogens with zero attached hydrogens (tertiary/aromatic N) is 3. The predicted octanol–water partition coefficient (Wildman–Crippen LogP) is 5.07. The molecule has 1 N–H and O–H groups in total. The minimum atomic E-state index is -2.05. The van der Waals surface area contributed by atoms with Gasteiger partial charge in [-0.05, 0) is 42.5 Å². The summed E-state index contributed by atoms with van der Waals surface area (Å²) in [6.07, 6.45) is 1.68. The molecule has 3 aromatic rings. The lowest BCUT2D eigenvalue weighted by Crippen LogP contribution is -2.60. The van der Waals surface area contributed by atoms with Crippen molar-refractivity contribution in [3.05, 3.63) is 106 Å². The quantitative estimate of drug-likeness (QED) is 0.125. The minimum absolute atomic E-state index is 0.125. The number of fused-ring (bicyclic) bond motifs is 4. The first-order valence-electron chi connectivity index (χ1n) is 14.9. The maximum atomic E-state index is 14.1. The van der Waals surface area contributed by atoms with Gasteiger partial charge in [0.1, 0.15) is 18.1 Å². The number of non-ortho nitro benzene ring substituents is 1. The standard InChI is InChI=1S/C34H27Cl2N3O8/c1-37-31(43)33(35)16-25-22(13-14-24-27(25)30(42)38(29(24)41)19-7-9-20(10-8-19)39(45)46)28(34(33,36)32(37)44)23-12-11-21(15-26(23)40)47-17-18-5-3-2-4-6-18/h2-13,15,24-25,27-28,40H,14,16-17H2,1H3/t24-,25+,27-,28+,33+,34-/m0/s1. The van der Waals surface area contributed by atoms with E-state index in [0.717, 1.165) is 15.4 Å². The summed E-state index contributed by atoms with van der Waals surface area (Å²) in [4.78, 5) is 63.7. The zero-order valence-corrected chi connectivity index (χ0v) is 26.4. The van der Waals surface area contributed by atoms with Crippen LogP contribution in [0.25, 0.3) is 0 Å². The van der Waals surface area contributed by atoms with Crippen LogP contribution < -0.4 is 9.64 Å². The second-order valence-corrected chi connectivity index (χ2v) is 13.5. The maximum absolute atomic E-state index is 14.1. The van der Waals surface area contributed by atoms with Crippen molar-refractivity contribution < 1.29 is 33.9 Å². The highest BCUT2D eigenvalue weighted by Crippen LogP contribution is 2.66. The van der Waals surface area contributed by atoms with E-state index in [2.05, 4.69) is 0 Å². The van der Waals surface area contributed by atoms with Crippen LogP contribution in [-0.4, -0.2) is 55.4 Å². The van der Waals surface area contributed by atoms with Crippen LogP contribution in [0, 0.1) is 27.9 Å². The van der Waals surface area contributed by atoms with Crippen LogP contribution in [-0.2, 0) is 25.8 Å². The molecular formula is C34H27Cl2N3O8. The molecule has 2 saturated heterocycles. The van der Waals surface area contributed by atoms with Crippen LogP contribution in [0.15, 0.2) is 84.4 Å². The van der Waals surface area contributed by atoms with Gasteiger partial charge in [0.05, 0.1) is 22.4 Å². The lowest BCUT2D eigenvalue weighted by Gasteiger charge is -2.50. The molecule has 0 radical (unpaired) electrons. The molecule has 0 bridgehead atoms. The Hall–Kier alpha value is -4.74. The molecule has 1 saturated carbocycles. The van der Waals surface area contributed by atoms with Gasteiger partial charge in [-0.15, -0.1) is 23.2 Å². The number of amides is 4. The molecule has 11 nitrogen and oxygen atoms in total. The van der Waals surface area contributed by atoms with Crippen molar-refractivity contribution in [3.63, 3.8) is 0 Å². The number of halogens is 2. The summed E-state index contributed by atoms with van der Waals surface area (Å²) in [5, 5.41) is 22.6. The van der Waals surface area contributed by atoms with Crippen molar-refractivity contribution in [1.29, 1.82) is 0 Å². The van der Waals surface area contributed by atoms with Crippen molar-refractivity contribution in [2.75, 3.05) is 11.9 Å². The number of benzene rings is 3. The Bertz CT molecular complexity index is 1900. The summed E-state index contributed by atoms with van der Waals surface area (Å²) < 4.78 is 5.88. The number of aromatic hydroxyl groups is 1. The highest BCUT2D eigenvalue weighted by Gasteiger charge is 2.76. The molecule has 0 spiro atoms. The zero-order valence-electron chi connectivity index (χ0n) is 24.8. The van der Waals surface area contributed by atoms with E-state index in [9.17, 15) is 34.4 Å².